The smallest absolute Gasteiger partial charge is 0.318 e. The summed E-state index contributed by atoms with van der Waals surface area (Å²) in [5, 5.41) is 13.5. The molecule has 134 valence electrons. The highest BCUT2D eigenvalue weighted by Crippen LogP contribution is 2.38. The number of nitro groups is 1. The number of halogens is 3. The first-order chi connectivity index (χ1) is 11.1. The van der Waals surface area contributed by atoms with E-state index in [0.29, 0.717) is 25.5 Å². The molecule has 0 bridgehead atoms. The Bertz CT molecular complexity index is 736. The van der Waals surface area contributed by atoms with Crippen molar-refractivity contribution in [2.45, 2.75) is 30.0 Å². The summed E-state index contributed by atoms with van der Waals surface area (Å²) in [6.45, 7) is 0.427. The summed E-state index contributed by atoms with van der Waals surface area (Å²) < 4.78 is 66.1. The van der Waals surface area contributed by atoms with Gasteiger partial charge in [0.2, 0.25) is 10.0 Å². The number of likely N-dealkylation sites (N-methyl/N-ethyl adjacent to an activating group) is 1. The van der Waals surface area contributed by atoms with E-state index in [1.165, 1.54) is 0 Å². The normalized spacial score (nSPS) is 19.6. The lowest BCUT2D eigenvalue weighted by Crippen LogP contribution is -2.41. The second kappa shape index (κ2) is 6.65. The van der Waals surface area contributed by atoms with Gasteiger partial charge in [-0.1, -0.05) is 0 Å². The van der Waals surface area contributed by atoms with Gasteiger partial charge in [-0.15, -0.1) is 0 Å². The van der Waals surface area contributed by atoms with Gasteiger partial charge in [-0.2, -0.15) is 17.5 Å². The van der Waals surface area contributed by atoms with E-state index in [1.807, 2.05) is 0 Å². The molecule has 0 radical (unpaired) electrons. The minimum Gasteiger partial charge on any atom is -0.318 e. The van der Waals surface area contributed by atoms with E-state index >= 15 is 0 Å². The Balaban J connectivity index is 2.56. The topological polar surface area (TPSA) is 92.6 Å². The van der Waals surface area contributed by atoms with Crippen LogP contribution >= 0.6 is 0 Å². The lowest BCUT2D eigenvalue weighted by molar-refractivity contribution is -0.385. The molecule has 0 amide bonds. The predicted octanol–water partition coefficient (Wildman–Crippen LogP) is 1.99. The van der Waals surface area contributed by atoms with E-state index < -0.39 is 43.3 Å². The molecule has 0 aromatic heterocycles. The number of nitro benzene ring substituents is 1. The SMILES string of the molecule is CNCC1CCCN1S(=O)(=O)c1ccc([N+](=O)[O-])cc1C(F)(F)F. The molecule has 1 heterocycles. The average molecular weight is 367 g/mol. The monoisotopic (exact) mass is 367 g/mol. The fraction of sp³-hybridized carbons (Fsp3) is 0.538. The highest BCUT2D eigenvalue weighted by atomic mass is 32.2. The second-order valence-electron chi connectivity index (χ2n) is 5.40. The summed E-state index contributed by atoms with van der Waals surface area (Å²) in [6.07, 6.45) is -3.94. The molecular weight excluding hydrogens is 351 g/mol. The molecule has 7 nitrogen and oxygen atoms in total. The highest BCUT2D eigenvalue weighted by Gasteiger charge is 2.43. The molecule has 1 fully saturated rings. The van der Waals surface area contributed by atoms with Crippen molar-refractivity contribution >= 4 is 15.7 Å². The van der Waals surface area contributed by atoms with Crippen molar-refractivity contribution in [3.05, 3.63) is 33.9 Å². The van der Waals surface area contributed by atoms with Crippen molar-refractivity contribution in [2.75, 3.05) is 20.1 Å². The number of rotatable bonds is 5. The zero-order valence-electron chi connectivity index (χ0n) is 12.7. The third kappa shape index (κ3) is 3.52. The van der Waals surface area contributed by atoms with Crippen LogP contribution in [0.4, 0.5) is 18.9 Å². The Morgan fingerprint density at radius 2 is 2.08 bits per heavy atom. The van der Waals surface area contributed by atoms with Gasteiger partial charge in [0, 0.05) is 31.3 Å². The fourth-order valence-corrected chi connectivity index (χ4v) is 4.66. The number of hydrogen-bond donors (Lipinski definition) is 1. The first-order valence-corrected chi connectivity index (χ1v) is 8.55. The molecule has 1 saturated heterocycles. The molecule has 1 aromatic carbocycles. The van der Waals surface area contributed by atoms with E-state index in [2.05, 4.69) is 5.32 Å². The first kappa shape index (κ1) is 18.6. The molecule has 2 rings (SSSR count). The molecule has 1 aliphatic rings. The summed E-state index contributed by atoms with van der Waals surface area (Å²) in [4.78, 5) is 8.75. The Morgan fingerprint density at radius 3 is 2.62 bits per heavy atom. The van der Waals surface area contributed by atoms with E-state index in [-0.39, 0.29) is 12.6 Å². The number of hydrogen-bond acceptors (Lipinski definition) is 5. The minimum absolute atomic E-state index is 0.114. The van der Waals surface area contributed by atoms with Crippen molar-refractivity contribution in [3.63, 3.8) is 0 Å². The largest absolute Gasteiger partial charge is 0.417 e. The number of sulfonamides is 1. The summed E-state index contributed by atoms with van der Waals surface area (Å²) in [7, 11) is -2.79. The van der Waals surface area contributed by atoms with E-state index in [4.69, 9.17) is 0 Å². The first-order valence-electron chi connectivity index (χ1n) is 7.11. The van der Waals surface area contributed by atoms with Crippen LogP contribution in [0, 0.1) is 10.1 Å². The molecular formula is C13H16F3N3O4S. The summed E-state index contributed by atoms with van der Waals surface area (Å²) >= 11 is 0. The fourth-order valence-electron chi connectivity index (χ4n) is 2.77. The molecule has 1 aromatic rings. The number of non-ortho nitro benzene ring substituents is 1. The van der Waals surface area contributed by atoms with Gasteiger partial charge in [0.25, 0.3) is 5.69 Å². The van der Waals surface area contributed by atoms with Gasteiger partial charge in [-0.25, -0.2) is 8.42 Å². The Morgan fingerprint density at radius 1 is 1.42 bits per heavy atom. The van der Waals surface area contributed by atoms with E-state index in [0.717, 1.165) is 10.4 Å². The Labute approximate surface area is 136 Å². The predicted molar refractivity (Wildman–Crippen MR) is 78.9 cm³/mol. The number of benzene rings is 1. The van der Waals surface area contributed by atoms with Crippen LogP contribution in [0.15, 0.2) is 23.1 Å². The molecule has 24 heavy (non-hydrogen) atoms. The second-order valence-corrected chi connectivity index (χ2v) is 7.26. The van der Waals surface area contributed by atoms with Gasteiger partial charge in [-0.05, 0) is 26.0 Å². The maximum atomic E-state index is 13.2. The summed E-state index contributed by atoms with van der Waals surface area (Å²) in [5.41, 5.74) is -2.33. The Hall–Kier alpha value is -1.72. The van der Waals surface area contributed by atoms with E-state index in [1.54, 1.807) is 7.05 Å². The molecule has 1 atom stereocenters. The average Bonchev–Trinajstić information content (AvgIpc) is 2.95. The molecule has 0 spiro atoms. The molecule has 0 aliphatic carbocycles. The van der Waals surface area contributed by atoms with Crippen LogP contribution in [0.25, 0.3) is 0 Å². The quantitative estimate of drug-likeness (QED) is 0.635. The molecule has 11 heteroatoms. The maximum Gasteiger partial charge on any atom is 0.417 e. The van der Waals surface area contributed by atoms with Gasteiger partial charge >= 0.3 is 6.18 Å². The van der Waals surface area contributed by atoms with Crippen LogP contribution in [0.5, 0.6) is 0 Å². The van der Waals surface area contributed by atoms with Crippen molar-refractivity contribution in [2.24, 2.45) is 0 Å². The van der Waals surface area contributed by atoms with Gasteiger partial charge in [-0.3, -0.25) is 10.1 Å². The minimum atomic E-state index is -5.02. The lowest BCUT2D eigenvalue weighted by Gasteiger charge is -2.25. The molecule has 0 saturated carbocycles. The van der Waals surface area contributed by atoms with Crippen molar-refractivity contribution in [3.8, 4) is 0 Å². The highest BCUT2D eigenvalue weighted by molar-refractivity contribution is 7.89. The van der Waals surface area contributed by atoms with Gasteiger partial charge < -0.3 is 5.32 Å². The number of nitrogens with zero attached hydrogens (tertiary/aromatic N) is 2. The number of nitrogens with one attached hydrogen (secondary N) is 1. The molecule has 1 N–H and O–H groups in total. The van der Waals surface area contributed by atoms with Crippen LogP contribution in [0.3, 0.4) is 0 Å². The zero-order valence-corrected chi connectivity index (χ0v) is 13.5. The van der Waals surface area contributed by atoms with Crippen molar-refractivity contribution < 1.29 is 26.5 Å². The van der Waals surface area contributed by atoms with Crippen molar-refractivity contribution in [1.29, 1.82) is 0 Å². The third-order valence-corrected chi connectivity index (χ3v) is 5.84. The van der Waals surface area contributed by atoms with Gasteiger partial charge in [0.05, 0.1) is 15.4 Å². The van der Waals surface area contributed by atoms with E-state index in [9.17, 15) is 31.7 Å². The van der Waals surface area contributed by atoms with Gasteiger partial charge in [0.1, 0.15) is 0 Å². The lowest BCUT2D eigenvalue weighted by atomic mass is 10.2. The van der Waals surface area contributed by atoms with Crippen LogP contribution in [-0.2, 0) is 16.2 Å². The molecule has 1 unspecified atom stereocenters. The Kier molecular flexibility index (Phi) is 5.16. The summed E-state index contributed by atoms with van der Waals surface area (Å²) in [6, 6.07) is 1.24. The van der Waals surface area contributed by atoms with Crippen LogP contribution in [0.1, 0.15) is 18.4 Å². The van der Waals surface area contributed by atoms with Crippen LogP contribution in [-0.4, -0.2) is 43.8 Å². The van der Waals surface area contributed by atoms with Crippen molar-refractivity contribution in [1.82, 2.24) is 9.62 Å². The molecule has 1 aliphatic heterocycles. The van der Waals surface area contributed by atoms with Crippen LogP contribution in [0.2, 0.25) is 0 Å². The number of alkyl halides is 3. The summed E-state index contributed by atoms with van der Waals surface area (Å²) in [5.74, 6) is 0. The van der Waals surface area contributed by atoms with Gasteiger partial charge in [0.15, 0.2) is 0 Å². The zero-order chi connectivity index (χ0) is 18.1. The third-order valence-electron chi connectivity index (χ3n) is 3.83. The standard InChI is InChI=1S/C13H16F3N3O4S/c1-17-8-10-3-2-6-18(10)24(22,23)12-5-4-9(19(20)21)7-11(12)13(14,15)16/h4-5,7,10,17H,2-3,6,8H2,1H3. The maximum absolute atomic E-state index is 13.2. The van der Waals surface area contributed by atoms with Crippen LogP contribution < -0.4 is 5.32 Å².